The predicted molar refractivity (Wildman–Crippen MR) is 212 cm³/mol. The van der Waals surface area contributed by atoms with Gasteiger partial charge in [0.25, 0.3) is 0 Å². The van der Waals surface area contributed by atoms with Crippen LogP contribution in [0, 0.1) is 11.8 Å². The summed E-state index contributed by atoms with van der Waals surface area (Å²) in [6.45, 7) is 11.8. The van der Waals surface area contributed by atoms with Crippen LogP contribution in [0.3, 0.4) is 0 Å². The summed E-state index contributed by atoms with van der Waals surface area (Å²) in [5.41, 5.74) is 1.57. The Balaban J connectivity index is 0.00000433. The summed E-state index contributed by atoms with van der Waals surface area (Å²) in [5.74, 6) is 2.12. The van der Waals surface area contributed by atoms with E-state index >= 15 is 0 Å². The van der Waals surface area contributed by atoms with Crippen LogP contribution in [0.2, 0.25) is 0 Å². The molecular weight excluding hydrogens is 667 g/mol. The Morgan fingerprint density at radius 1 is 0.540 bits per heavy atom. The molecule has 0 amide bonds. The maximum atomic E-state index is 13.9. The first kappa shape index (κ1) is 44.0. The molecule has 0 bridgehead atoms. The van der Waals surface area contributed by atoms with E-state index in [0.717, 1.165) is 114 Å². The highest BCUT2D eigenvalue weighted by atomic mass is 35.5. The lowest BCUT2D eigenvalue weighted by Gasteiger charge is -2.31. The zero-order valence-corrected chi connectivity index (χ0v) is 32.7. The molecule has 0 spiro atoms. The van der Waals surface area contributed by atoms with E-state index in [2.05, 4.69) is 23.6 Å². The summed E-state index contributed by atoms with van der Waals surface area (Å²) >= 11 is 0. The molecular formula is C42H66Cl2N2O4. The number of rotatable bonds is 23. The second kappa shape index (κ2) is 25.8. The van der Waals surface area contributed by atoms with Crippen molar-refractivity contribution in [1.82, 2.24) is 9.80 Å². The van der Waals surface area contributed by atoms with Gasteiger partial charge in [0.05, 0.1) is 13.2 Å². The minimum Gasteiger partial charge on any atom is -0.494 e. The Bertz CT molecular complexity index is 1090. The Labute approximate surface area is 316 Å². The number of piperidine rings is 2. The molecule has 2 heterocycles. The minimum absolute atomic E-state index is 0. The van der Waals surface area contributed by atoms with Crippen LogP contribution < -0.4 is 9.47 Å². The topological polar surface area (TPSA) is 59.1 Å². The van der Waals surface area contributed by atoms with Gasteiger partial charge in [0.2, 0.25) is 0 Å². The van der Waals surface area contributed by atoms with Crippen LogP contribution in [-0.4, -0.2) is 73.8 Å². The van der Waals surface area contributed by atoms with Crippen LogP contribution in [0.1, 0.15) is 137 Å². The first-order chi connectivity index (χ1) is 23.6. The average molecular weight is 734 g/mol. The molecule has 0 saturated carbocycles. The number of benzene rings is 2. The number of ketones is 2. The van der Waals surface area contributed by atoms with Crippen LogP contribution >= 0.6 is 24.8 Å². The fourth-order valence-electron chi connectivity index (χ4n) is 7.29. The van der Waals surface area contributed by atoms with E-state index < -0.39 is 0 Å². The van der Waals surface area contributed by atoms with Crippen LogP contribution in [0.4, 0.5) is 0 Å². The molecule has 0 aliphatic carbocycles. The fraction of sp³-hybridized carbons (Fsp3) is 0.667. The molecule has 2 aromatic carbocycles. The largest absolute Gasteiger partial charge is 0.494 e. The van der Waals surface area contributed by atoms with Gasteiger partial charge in [-0.2, -0.15) is 0 Å². The van der Waals surface area contributed by atoms with E-state index in [1.165, 1.54) is 64.2 Å². The molecule has 0 radical (unpaired) electrons. The van der Waals surface area contributed by atoms with Crippen molar-refractivity contribution in [3.63, 3.8) is 0 Å². The first-order valence-corrected chi connectivity index (χ1v) is 19.6. The quantitative estimate of drug-likeness (QED) is 0.0837. The van der Waals surface area contributed by atoms with Gasteiger partial charge in [0.1, 0.15) is 11.5 Å². The van der Waals surface area contributed by atoms with E-state index in [1.807, 2.05) is 48.5 Å². The van der Waals surface area contributed by atoms with E-state index in [4.69, 9.17) is 9.47 Å². The third-order valence-corrected chi connectivity index (χ3v) is 10.3. The first-order valence-electron chi connectivity index (χ1n) is 19.6. The smallest absolute Gasteiger partial charge is 0.167 e. The van der Waals surface area contributed by atoms with Crippen LogP contribution in [0.15, 0.2) is 48.5 Å². The molecule has 282 valence electrons. The van der Waals surface area contributed by atoms with Crippen molar-refractivity contribution in [3.8, 4) is 11.5 Å². The normalized spacial score (nSPS) is 16.4. The van der Waals surface area contributed by atoms with Crippen molar-refractivity contribution < 1.29 is 19.1 Å². The van der Waals surface area contributed by atoms with Gasteiger partial charge >= 0.3 is 0 Å². The monoisotopic (exact) mass is 732 g/mol. The van der Waals surface area contributed by atoms with Crippen LogP contribution in [-0.2, 0) is 0 Å². The Kier molecular flexibility index (Phi) is 22.7. The third-order valence-electron chi connectivity index (χ3n) is 10.3. The molecule has 2 saturated heterocycles. The summed E-state index contributed by atoms with van der Waals surface area (Å²) in [4.78, 5) is 32.8. The average Bonchev–Trinajstić information content (AvgIpc) is 3.13. The zero-order valence-electron chi connectivity index (χ0n) is 31.1. The molecule has 0 N–H and O–H groups in total. The van der Waals surface area contributed by atoms with Crippen molar-refractivity contribution in [1.29, 1.82) is 0 Å². The number of halogens is 2. The Hall–Kier alpha value is -2.12. The summed E-state index contributed by atoms with van der Waals surface area (Å²) in [6.07, 6.45) is 17.9. The van der Waals surface area contributed by atoms with Crippen molar-refractivity contribution in [2.75, 3.05) is 52.5 Å². The van der Waals surface area contributed by atoms with E-state index in [0.29, 0.717) is 0 Å². The van der Waals surface area contributed by atoms with Gasteiger partial charge < -0.3 is 19.3 Å². The second-order valence-corrected chi connectivity index (χ2v) is 14.3. The van der Waals surface area contributed by atoms with Gasteiger partial charge in [-0.3, -0.25) is 9.59 Å². The van der Waals surface area contributed by atoms with Gasteiger partial charge in [-0.1, -0.05) is 65.2 Å². The molecule has 4 rings (SSSR count). The number of hydrogen-bond acceptors (Lipinski definition) is 6. The zero-order chi connectivity index (χ0) is 33.8. The van der Waals surface area contributed by atoms with E-state index in [1.54, 1.807) is 0 Å². The number of nitrogens with zero attached hydrogens (tertiary/aromatic N) is 2. The third kappa shape index (κ3) is 15.6. The summed E-state index contributed by atoms with van der Waals surface area (Å²) < 4.78 is 11.8. The summed E-state index contributed by atoms with van der Waals surface area (Å²) in [7, 11) is 0. The van der Waals surface area contributed by atoms with Crippen molar-refractivity contribution in [3.05, 3.63) is 59.7 Å². The molecule has 50 heavy (non-hydrogen) atoms. The second-order valence-electron chi connectivity index (χ2n) is 14.3. The standard InChI is InChI=1S/C42H64N2O4.2ClH/c1-3-5-15-31-47-39-23-19-35(20-24-39)41(45)37(33-43-27-11-7-12-28-43)17-9-10-18-38(34-44-29-13-8-14-30-44)42(46)36-21-25-40(26-22-36)48-32-16-6-4-2;;/h19-26,37-38H,3-18,27-34H2,1-2H3;2*1H. The number of carbonyl (C=O) groups is 2. The number of carbonyl (C=O) groups excluding carboxylic acids is 2. The van der Waals surface area contributed by atoms with Gasteiger partial charge in [0, 0.05) is 36.1 Å². The van der Waals surface area contributed by atoms with E-state index in [9.17, 15) is 9.59 Å². The predicted octanol–water partition coefficient (Wildman–Crippen LogP) is 10.5. The fourth-order valence-corrected chi connectivity index (χ4v) is 7.29. The van der Waals surface area contributed by atoms with E-state index in [-0.39, 0.29) is 48.2 Å². The van der Waals surface area contributed by atoms with Crippen molar-refractivity contribution >= 4 is 36.4 Å². The number of likely N-dealkylation sites (tertiary alicyclic amines) is 2. The maximum Gasteiger partial charge on any atom is 0.167 e. The molecule has 8 heteroatoms. The van der Waals surface area contributed by atoms with Crippen LogP contribution in [0.5, 0.6) is 11.5 Å². The highest BCUT2D eigenvalue weighted by Gasteiger charge is 2.26. The summed E-state index contributed by atoms with van der Waals surface area (Å²) in [6, 6.07) is 15.6. The van der Waals surface area contributed by atoms with Gasteiger partial charge in [-0.25, -0.2) is 0 Å². The molecule has 6 nitrogen and oxygen atoms in total. The molecule has 2 aliphatic rings. The SMILES string of the molecule is CCCCCOc1ccc(C(=O)C(CCCCC(CN2CCCCC2)C(=O)c2ccc(OCCCCC)cc2)CN2CCCCC2)cc1.Cl.Cl. The molecule has 2 fully saturated rings. The molecule has 2 unspecified atom stereocenters. The van der Waals surface area contributed by atoms with Gasteiger partial charge in [-0.15, -0.1) is 24.8 Å². The Morgan fingerprint density at radius 2 is 0.900 bits per heavy atom. The highest BCUT2D eigenvalue weighted by molar-refractivity contribution is 5.98. The number of hydrogen-bond donors (Lipinski definition) is 0. The molecule has 2 aliphatic heterocycles. The van der Waals surface area contributed by atoms with Crippen molar-refractivity contribution in [2.45, 2.75) is 117 Å². The lowest BCUT2D eigenvalue weighted by atomic mass is 9.88. The number of ether oxygens (including phenoxy) is 2. The molecule has 2 aromatic rings. The Morgan fingerprint density at radius 3 is 1.24 bits per heavy atom. The molecule has 0 aromatic heterocycles. The highest BCUT2D eigenvalue weighted by Crippen LogP contribution is 2.25. The maximum absolute atomic E-state index is 13.9. The lowest BCUT2D eigenvalue weighted by Crippen LogP contribution is -2.37. The van der Waals surface area contributed by atoms with Crippen molar-refractivity contribution in [2.24, 2.45) is 11.8 Å². The number of unbranched alkanes of at least 4 members (excludes halogenated alkanes) is 5. The molecule has 2 atom stereocenters. The lowest BCUT2D eigenvalue weighted by molar-refractivity contribution is 0.0833. The van der Waals surface area contributed by atoms with Crippen LogP contribution in [0.25, 0.3) is 0 Å². The number of Topliss-reactive ketones (excluding diaryl/α,β-unsaturated/α-hetero) is 2. The van der Waals surface area contributed by atoms with Gasteiger partial charge in [0.15, 0.2) is 11.6 Å². The van der Waals surface area contributed by atoms with Gasteiger partial charge in [-0.05, 0) is 126 Å². The minimum atomic E-state index is -0.0273. The summed E-state index contributed by atoms with van der Waals surface area (Å²) in [5, 5.41) is 0.